The molecular formula is C32H32F6O. The summed E-state index contributed by atoms with van der Waals surface area (Å²) in [7, 11) is 0. The van der Waals surface area contributed by atoms with E-state index in [0.717, 1.165) is 61.8 Å². The first kappa shape index (κ1) is 28.8. The fourth-order valence-electron chi connectivity index (χ4n) is 5.20. The van der Waals surface area contributed by atoms with Crippen molar-refractivity contribution in [3.8, 4) is 11.1 Å². The zero-order valence-electron chi connectivity index (χ0n) is 21.9. The van der Waals surface area contributed by atoms with Gasteiger partial charge in [-0.3, -0.25) is 0 Å². The lowest BCUT2D eigenvalue weighted by Gasteiger charge is -2.29. The summed E-state index contributed by atoms with van der Waals surface area (Å²) in [4.78, 5) is 0. The van der Waals surface area contributed by atoms with Crippen LogP contribution in [-0.4, -0.2) is 6.61 Å². The van der Waals surface area contributed by atoms with Crippen LogP contribution in [0.25, 0.3) is 17.0 Å². The molecule has 1 aliphatic rings. The Labute approximate surface area is 225 Å². The third-order valence-electron chi connectivity index (χ3n) is 7.55. The van der Waals surface area contributed by atoms with Gasteiger partial charge in [0, 0.05) is 11.1 Å². The van der Waals surface area contributed by atoms with Crippen LogP contribution in [0.2, 0.25) is 0 Å². The Morgan fingerprint density at radius 3 is 2.10 bits per heavy atom. The molecule has 208 valence electrons. The largest absolute Gasteiger partial charge is 0.469 e. The van der Waals surface area contributed by atoms with Gasteiger partial charge in [-0.05, 0) is 91.7 Å². The molecule has 0 N–H and O–H groups in total. The van der Waals surface area contributed by atoms with Gasteiger partial charge in [0.2, 0.25) is 5.83 Å². The second kappa shape index (κ2) is 13.2. The predicted molar refractivity (Wildman–Crippen MR) is 141 cm³/mol. The van der Waals surface area contributed by atoms with Gasteiger partial charge in [0.25, 0.3) is 0 Å². The van der Waals surface area contributed by atoms with E-state index in [0.29, 0.717) is 24.7 Å². The van der Waals surface area contributed by atoms with Crippen molar-refractivity contribution in [1.29, 1.82) is 0 Å². The van der Waals surface area contributed by atoms with E-state index in [1.807, 2.05) is 19.1 Å². The minimum absolute atomic E-state index is 0.0187. The first-order valence-electron chi connectivity index (χ1n) is 13.5. The Morgan fingerprint density at radius 1 is 0.821 bits per heavy atom. The molecule has 0 saturated heterocycles. The highest BCUT2D eigenvalue weighted by Crippen LogP contribution is 2.38. The SMILES string of the molecule is CCCCO/C(F)=C(\F)c1ccc(C2CCC(CCc3ccc(-c4cc(F)c(F)c(F)c4)c(F)c3)CC2)cc1. The number of ether oxygens (including phenoxy) is 1. The van der Waals surface area contributed by atoms with Crippen molar-refractivity contribution in [3.63, 3.8) is 0 Å². The van der Waals surface area contributed by atoms with E-state index < -0.39 is 35.1 Å². The predicted octanol–water partition coefficient (Wildman–Crippen LogP) is 10.2. The average molecular weight is 547 g/mol. The van der Waals surface area contributed by atoms with Gasteiger partial charge in [0.1, 0.15) is 5.82 Å². The number of aryl methyl sites for hydroxylation is 1. The summed E-state index contributed by atoms with van der Waals surface area (Å²) in [6, 6.07) is 11.9. The van der Waals surface area contributed by atoms with Crippen LogP contribution in [0.4, 0.5) is 26.3 Å². The summed E-state index contributed by atoms with van der Waals surface area (Å²) in [5.74, 6) is -5.05. The average Bonchev–Trinajstić information content (AvgIpc) is 2.94. The van der Waals surface area contributed by atoms with E-state index in [2.05, 4.69) is 0 Å². The third kappa shape index (κ3) is 7.25. The standard InChI is InChI=1S/C32H32F6O/c1-2-3-16-39-32(38)30(36)24-13-11-23(12-14-24)22-9-6-20(7-10-22)4-5-21-8-15-26(27(33)17-21)25-18-28(34)31(37)29(35)19-25/h8,11-15,17-20,22H,2-7,9-10,16H2,1H3/b32-30-. The molecule has 1 nitrogen and oxygen atoms in total. The van der Waals surface area contributed by atoms with Crippen LogP contribution < -0.4 is 0 Å². The maximum atomic E-state index is 14.7. The van der Waals surface area contributed by atoms with E-state index in [4.69, 9.17) is 4.74 Å². The summed E-state index contributed by atoms with van der Waals surface area (Å²) >= 11 is 0. The minimum atomic E-state index is -1.58. The highest BCUT2D eigenvalue weighted by atomic mass is 19.2. The number of unbranched alkanes of at least 4 members (excludes halogenated alkanes) is 1. The van der Waals surface area contributed by atoms with E-state index >= 15 is 0 Å². The number of hydrogen-bond donors (Lipinski definition) is 0. The number of halogens is 6. The van der Waals surface area contributed by atoms with Crippen molar-refractivity contribution in [2.75, 3.05) is 6.61 Å². The minimum Gasteiger partial charge on any atom is -0.469 e. The third-order valence-corrected chi connectivity index (χ3v) is 7.55. The van der Waals surface area contributed by atoms with Gasteiger partial charge in [-0.1, -0.05) is 49.7 Å². The fourth-order valence-corrected chi connectivity index (χ4v) is 5.20. The van der Waals surface area contributed by atoms with E-state index in [9.17, 15) is 26.3 Å². The highest BCUT2D eigenvalue weighted by Gasteiger charge is 2.23. The van der Waals surface area contributed by atoms with Gasteiger partial charge >= 0.3 is 6.01 Å². The first-order valence-corrected chi connectivity index (χ1v) is 13.5. The van der Waals surface area contributed by atoms with E-state index in [-0.39, 0.29) is 23.3 Å². The second-order valence-corrected chi connectivity index (χ2v) is 10.2. The molecular weight excluding hydrogens is 514 g/mol. The molecule has 0 aromatic heterocycles. The quantitative estimate of drug-likeness (QED) is 0.106. The van der Waals surface area contributed by atoms with Gasteiger partial charge in [0.15, 0.2) is 17.5 Å². The lowest BCUT2D eigenvalue weighted by Crippen LogP contribution is -2.14. The Balaban J connectivity index is 1.28. The number of rotatable bonds is 10. The molecule has 0 radical (unpaired) electrons. The summed E-state index contributed by atoms with van der Waals surface area (Å²) in [6.45, 7) is 2.09. The van der Waals surface area contributed by atoms with Crippen molar-refractivity contribution >= 4 is 5.83 Å². The molecule has 1 fully saturated rings. The number of hydrogen-bond acceptors (Lipinski definition) is 1. The Hall–Kier alpha value is -3.22. The van der Waals surface area contributed by atoms with Crippen LogP contribution in [0.5, 0.6) is 0 Å². The maximum absolute atomic E-state index is 14.7. The second-order valence-electron chi connectivity index (χ2n) is 10.2. The Kier molecular flexibility index (Phi) is 9.76. The molecule has 0 amide bonds. The van der Waals surface area contributed by atoms with E-state index in [1.54, 1.807) is 18.2 Å². The molecule has 1 saturated carbocycles. The molecule has 0 heterocycles. The Bertz CT molecular complexity index is 1270. The molecule has 39 heavy (non-hydrogen) atoms. The highest BCUT2D eigenvalue weighted by molar-refractivity contribution is 5.65. The van der Waals surface area contributed by atoms with Crippen LogP contribution in [0.3, 0.4) is 0 Å². The van der Waals surface area contributed by atoms with Crippen LogP contribution >= 0.6 is 0 Å². The molecule has 1 aliphatic carbocycles. The molecule has 7 heteroatoms. The van der Waals surface area contributed by atoms with Gasteiger partial charge in [-0.2, -0.15) is 8.78 Å². The van der Waals surface area contributed by atoms with Crippen LogP contribution in [0.1, 0.15) is 74.5 Å². The van der Waals surface area contributed by atoms with E-state index in [1.165, 1.54) is 12.1 Å². The molecule has 0 aliphatic heterocycles. The fraction of sp³-hybridized carbons (Fsp3) is 0.375. The van der Waals surface area contributed by atoms with Gasteiger partial charge in [0.05, 0.1) is 6.61 Å². The summed E-state index contributed by atoms with van der Waals surface area (Å²) < 4.78 is 88.1. The van der Waals surface area contributed by atoms with Crippen molar-refractivity contribution < 1.29 is 31.1 Å². The maximum Gasteiger partial charge on any atom is 0.309 e. The van der Waals surface area contributed by atoms with Crippen molar-refractivity contribution in [2.45, 2.75) is 64.2 Å². The van der Waals surface area contributed by atoms with Crippen LogP contribution in [0.15, 0.2) is 60.6 Å². The van der Waals surface area contributed by atoms with Crippen molar-refractivity contribution in [3.05, 3.63) is 101 Å². The molecule has 0 atom stereocenters. The summed E-state index contributed by atoms with van der Waals surface area (Å²) in [5.41, 5.74) is 2.02. The molecule has 3 aromatic rings. The monoisotopic (exact) mass is 546 g/mol. The smallest absolute Gasteiger partial charge is 0.309 e. The molecule has 3 aromatic carbocycles. The summed E-state index contributed by atoms with van der Waals surface area (Å²) in [6.07, 6.45) is 7.03. The lowest BCUT2D eigenvalue weighted by atomic mass is 9.77. The Morgan fingerprint density at radius 2 is 1.49 bits per heavy atom. The number of benzene rings is 3. The zero-order valence-corrected chi connectivity index (χ0v) is 21.9. The lowest BCUT2D eigenvalue weighted by molar-refractivity contribution is 0.141. The molecule has 0 unspecified atom stereocenters. The summed E-state index contributed by atoms with van der Waals surface area (Å²) in [5, 5.41) is 0. The first-order chi connectivity index (χ1) is 18.8. The normalized spacial score (nSPS) is 18.1. The van der Waals surface area contributed by atoms with Crippen molar-refractivity contribution in [2.24, 2.45) is 5.92 Å². The van der Waals surface area contributed by atoms with Gasteiger partial charge in [-0.25, -0.2) is 17.6 Å². The van der Waals surface area contributed by atoms with Gasteiger partial charge in [-0.15, -0.1) is 0 Å². The van der Waals surface area contributed by atoms with Crippen LogP contribution in [0, 0.1) is 29.2 Å². The van der Waals surface area contributed by atoms with Gasteiger partial charge < -0.3 is 4.74 Å². The molecule has 0 spiro atoms. The molecule has 4 rings (SSSR count). The van der Waals surface area contributed by atoms with Crippen LogP contribution in [-0.2, 0) is 11.2 Å². The molecule has 0 bridgehead atoms. The van der Waals surface area contributed by atoms with Crippen molar-refractivity contribution in [1.82, 2.24) is 0 Å². The zero-order chi connectivity index (χ0) is 27.9. The topological polar surface area (TPSA) is 9.23 Å².